The highest BCUT2D eigenvalue weighted by Gasteiger charge is 2.31. The predicted molar refractivity (Wildman–Crippen MR) is 62.8 cm³/mol. The molecule has 0 aromatic carbocycles. The third kappa shape index (κ3) is 2.45. The average molecular weight is 276 g/mol. The van der Waals surface area contributed by atoms with Crippen LogP contribution in [0.2, 0.25) is 0 Å². The van der Waals surface area contributed by atoms with Gasteiger partial charge in [-0.1, -0.05) is 25.2 Å². The second-order valence-corrected chi connectivity index (χ2v) is 6.35. The van der Waals surface area contributed by atoms with Crippen LogP contribution in [0.1, 0.15) is 26.7 Å². The normalized spacial score (nSPS) is 16.3. The minimum absolute atomic E-state index is 0.679. The molecule has 0 N–H and O–H groups in total. The number of rotatable bonds is 4. The number of anilines is 1. The van der Waals surface area contributed by atoms with E-state index in [-0.39, 0.29) is 0 Å². The maximum absolute atomic E-state index is 4.18. The monoisotopic (exact) mass is 275 g/mol. The van der Waals surface area contributed by atoms with Gasteiger partial charge in [0.25, 0.3) is 0 Å². The summed E-state index contributed by atoms with van der Waals surface area (Å²) in [5, 5.41) is 9.24. The van der Waals surface area contributed by atoms with Gasteiger partial charge in [-0.2, -0.15) is 0 Å². The van der Waals surface area contributed by atoms with Crippen LogP contribution in [-0.4, -0.2) is 22.8 Å². The van der Waals surface area contributed by atoms with E-state index in [0.717, 1.165) is 21.6 Å². The Morgan fingerprint density at radius 3 is 2.64 bits per heavy atom. The van der Waals surface area contributed by atoms with Gasteiger partial charge in [-0.3, -0.25) is 0 Å². The molecule has 1 aliphatic rings. The molecule has 1 saturated carbocycles. The summed E-state index contributed by atoms with van der Waals surface area (Å²) >= 11 is 4.98. The molecule has 1 fully saturated rings. The van der Waals surface area contributed by atoms with Crippen LogP contribution in [-0.2, 0) is 0 Å². The van der Waals surface area contributed by atoms with Crippen molar-refractivity contribution < 1.29 is 0 Å². The molecule has 78 valence electrons. The number of halogens is 1. The molecule has 0 amide bonds. The summed E-state index contributed by atoms with van der Waals surface area (Å²) in [5.41, 5.74) is 0. The fourth-order valence-corrected chi connectivity index (χ4v) is 2.65. The Bertz CT molecular complexity index is 309. The van der Waals surface area contributed by atoms with Gasteiger partial charge in [-0.15, -0.1) is 10.2 Å². The van der Waals surface area contributed by atoms with Gasteiger partial charge in [-0.25, -0.2) is 0 Å². The Balaban J connectivity index is 2.09. The molecule has 3 nitrogen and oxygen atoms in total. The fraction of sp³-hybridized carbons (Fsp3) is 0.778. The van der Waals surface area contributed by atoms with Crippen LogP contribution in [0.3, 0.4) is 0 Å². The second-order valence-electron chi connectivity index (χ2n) is 4.11. The molecule has 14 heavy (non-hydrogen) atoms. The van der Waals surface area contributed by atoms with Gasteiger partial charge < -0.3 is 4.90 Å². The van der Waals surface area contributed by atoms with E-state index in [9.17, 15) is 0 Å². The Morgan fingerprint density at radius 1 is 1.50 bits per heavy atom. The van der Waals surface area contributed by atoms with Crippen LogP contribution in [0.15, 0.2) is 3.92 Å². The summed E-state index contributed by atoms with van der Waals surface area (Å²) in [6, 6.07) is 0.720. The summed E-state index contributed by atoms with van der Waals surface area (Å²) in [5.74, 6) is 0.679. The van der Waals surface area contributed by atoms with Crippen molar-refractivity contribution in [1.29, 1.82) is 0 Å². The van der Waals surface area contributed by atoms with Gasteiger partial charge in [0.15, 0.2) is 3.92 Å². The first-order valence-electron chi connectivity index (χ1n) is 4.92. The maximum Gasteiger partial charge on any atom is 0.209 e. The Morgan fingerprint density at radius 2 is 2.21 bits per heavy atom. The van der Waals surface area contributed by atoms with Gasteiger partial charge in [0.1, 0.15) is 0 Å². The first-order valence-corrected chi connectivity index (χ1v) is 6.53. The zero-order chi connectivity index (χ0) is 10.1. The summed E-state index contributed by atoms with van der Waals surface area (Å²) in [6.07, 6.45) is 2.62. The van der Waals surface area contributed by atoms with Gasteiger partial charge in [-0.05, 0) is 34.7 Å². The lowest BCUT2D eigenvalue weighted by Crippen LogP contribution is -2.29. The molecule has 0 atom stereocenters. The second kappa shape index (κ2) is 4.14. The third-order valence-corrected chi connectivity index (χ3v) is 3.58. The van der Waals surface area contributed by atoms with E-state index in [2.05, 4.69) is 44.9 Å². The lowest BCUT2D eigenvalue weighted by atomic mass is 10.2. The predicted octanol–water partition coefficient (Wildman–Crippen LogP) is 2.93. The summed E-state index contributed by atoms with van der Waals surface area (Å²) < 4.78 is 0.877. The number of hydrogen-bond acceptors (Lipinski definition) is 4. The number of aromatic nitrogens is 2. The minimum Gasteiger partial charge on any atom is -0.343 e. The molecular weight excluding hydrogens is 262 g/mol. The SMILES string of the molecule is CC(C)CN(c1nnc(Br)s1)C1CC1. The molecule has 5 heteroatoms. The molecule has 1 aliphatic carbocycles. The van der Waals surface area contributed by atoms with Crippen LogP contribution in [0.4, 0.5) is 5.13 Å². The van der Waals surface area contributed by atoms with Crippen LogP contribution < -0.4 is 4.90 Å². The van der Waals surface area contributed by atoms with Gasteiger partial charge in [0, 0.05) is 12.6 Å². The lowest BCUT2D eigenvalue weighted by molar-refractivity contribution is 0.604. The molecule has 1 aromatic heterocycles. The van der Waals surface area contributed by atoms with Gasteiger partial charge >= 0.3 is 0 Å². The zero-order valence-electron chi connectivity index (χ0n) is 8.40. The molecule has 0 radical (unpaired) electrons. The van der Waals surface area contributed by atoms with E-state index in [1.54, 1.807) is 11.3 Å². The van der Waals surface area contributed by atoms with Crippen LogP contribution in [0, 0.1) is 5.92 Å². The maximum atomic E-state index is 4.18. The molecule has 0 spiro atoms. The minimum atomic E-state index is 0.679. The largest absolute Gasteiger partial charge is 0.343 e. The summed E-state index contributed by atoms with van der Waals surface area (Å²) in [7, 11) is 0. The highest BCUT2D eigenvalue weighted by atomic mass is 79.9. The van der Waals surface area contributed by atoms with Crippen molar-refractivity contribution in [2.45, 2.75) is 32.7 Å². The fourth-order valence-electron chi connectivity index (χ4n) is 1.48. The van der Waals surface area contributed by atoms with Crippen molar-refractivity contribution in [3.63, 3.8) is 0 Å². The summed E-state index contributed by atoms with van der Waals surface area (Å²) in [4.78, 5) is 2.40. The van der Waals surface area contributed by atoms with Crippen LogP contribution >= 0.6 is 27.3 Å². The Kier molecular flexibility index (Phi) is 3.07. The Labute approximate surface area is 96.7 Å². The molecule has 0 bridgehead atoms. The molecular formula is C9H14BrN3S. The average Bonchev–Trinajstić information content (AvgIpc) is 2.85. The van der Waals surface area contributed by atoms with E-state index in [1.807, 2.05) is 0 Å². The van der Waals surface area contributed by atoms with Crippen molar-refractivity contribution in [1.82, 2.24) is 10.2 Å². The molecule has 2 rings (SSSR count). The lowest BCUT2D eigenvalue weighted by Gasteiger charge is -2.22. The first kappa shape index (κ1) is 10.4. The highest BCUT2D eigenvalue weighted by molar-refractivity contribution is 9.11. The quantitative estimate of drug-likeness (QED) is 0.846. The Hall–Kier alpha value is -0.160. The number of nitrogens with zero attached hydrogens (tertiary/aromatic N) is 3. The van der Waals surface area contributed by atoms with E-state index < -0.39 is 0 Å². The molecule has 1 aromatic rings. The van der Waals surface area contributed by atoms with E-state index in [1.165, 1.54) is 12.8 Å². The van der Waals surface area contributed by atoms with Crippen LogP contribution in [0.5, 0.6) is 0 Å². The zero-order valence-corrected chi connectivity index (χ0v) is 10.8. The van der Waals surface area contributed by atoms with Crippen molar-refractivity contribution in [2.24, 2.45) is 5.92 Å². The topological polar surface area (TPSA) is 29.0 Å². The third-order valence-electron chi connectivity index (χ3n) is 2.18. The van der Waals surface area contributed by atoms with E-state index >= 15 is 0 Å². The van der Waals surface area contributed by atoms with Crippen molar-refractivity contribution in [2.75, 3.05) is 11.4 Å². The van der Waals surface area contributed by atoms with Gasteiger partial charge in [0.2, 0.25) is 5.13 Å². The molecule has 1 heterocycles. The molecule has 0 saturated heterocycles. The molecule has 0 unspecified atom stereocenters. The standard InChI is InChI=1S/C9H14BrN3S/c1-6(2)5-13(7-3-4-7)9-12-11-8(10)14-9/h6-7H,3-5H2,1-2H3. The van der Waals surface area contributed by atoms with E-state index in [0.29, 0.717) is 5.92 Å². The smallest absolute Gasteiger partial charge is 0.209 e. The first-order chi connectivity index (χ1) is 6.66. The van der Waals surface area contributed by atoms with Crippen molar-refractivity contribution in [3.05, 3.63) is 3.92 Å². The summed E-state index contributed by atoms with van der Waals surface area (Å²) in [6.45, 7) is 5.57. The highest BCUT2D eigenvalue weighted by Crippen LogP contribution is 2.34. The molecule has 0 aliphatic heterocycles. The number of hydrogen-bond donors (Lipinski definition) is 0. The van der Waals surface area contributed by atoms with E-state index in [4.69, 9.17) is 0 Å². The van der Waals surface area contributed by atoms with Crippen molar-refractivity contribution >= 4 is 32.4 Å². The van der Waals surface area contributed by atoms with Crippen LogP contribution in [0.25, 0.3) is 0 Å². The van der Waals surface area contributed by atoms with Crippen molar-refractivity contribution in [3.8, 4) is 0 Å². The van der Waals surface area contributed by atoms with Gasteiger partial charge in [0.05, 0.1) is 0 Å².